The Morgan fingerprint density at radius 3 is 2.29 bits per heavy atom. The fourth-order valence-electron chi connectivity index (χ4n) is 1.64. The van der Waals surface area contributed by atoms with Gasteiger partial charge in [-0.15, -0.1) is 0 Å². The summed E-state index contributed by atoms with van der Waals surface area (Å²) in [6.45, 7) is 3.10. The summed E-state index contributed by atoms with van der Waals surface area (Å²) < 4.78 is 0. The van der Waals surface area contributed by atoms with Gasteiger partial charge in [-0.2, -0.15) is 0 Å². The molecule has 0 spiro atoms. The normalized spacial score (nSPS) is 21.9. The molecule has 3 N–H and O–H groups in total. The van der Waals surface area contributed by atoms with Crippen molar-refractivity contribution in [1.29, 1.82) is 0 Å². The van der Waals surface area contributed by atoms with Crippen molar-refractivity contribution in [3.63, 3.8) is 0 Å². The summed E-state index contributed by atoms with van der Waals surface area (Å²) in [5.74, 6) is -0.843. The molecule has 1 heterocycles. The predicted octanol–water partition coefficient (Wildman–Crippen LogP) is -0.547. The summed E-state index contributed by atoms with van der Waals surface area (Å²) >= 11 is 0. The van der Waals surface area contributed by atoms with Crippen molar-refractivity contribution >= 4 is 11.8 Å². The fourth-order valence-corrected chi connectivity index (χ4v) is 1.64. The second-order valence-corrected chi connectivity index (χ2v) is 3.94. The summed E-state index contributed by atoms with van der Waals surface area (Å²) in [4.78, 5) is 23.6. The lowest BCUT2D eigenvalue weighted by Gasteiger charge is -2.35. The molecule has 0 radical (unpaired) electrons. The number of carbonyl (C=O) groups is 2. The smallest absolute Gasteiger partial charge is 0.323 e. The first-order chi connectivity index (χ1) is 6.44. The first-order valence-electron chi connectivity index (χ1n) is 4.68. The number of carboxylic acid groups (broad SMARTS) is 1. The van der Waals surface area contributed by atoms with Crippen LogP contribution in [0.5, 0.6) is 0 Å². The van der Waals surface area contributed by atoms with E-state index in [0.29, 0.717) is 32.5 Å². The van der Waals surface area contributed by atoms with Gasteiger partial charge in [0.15, 0.2) is 0 Å². The van der Waals surface area contributed by atoms with Crippen LogP contribution in [0.3, 0.4) is 0 Å². The van der Waals surface area contributed by atoms with E-state index in [-0.39, 0.29) is 5.78 Å². The molecule has 1 fully saturated rings. The van der Waals surface area contributed by atoms with Crippen molar-refractivity contribution in [1.82, 2.24) is 4.90 Å². The van der Waals surface area contributed by atoms with Crippen LogP contribution in [0, 0.1) is 0 Å². The van der Waals surface area contributed by atoms with Gasteiger partial charge in [-0.25, -0.2) is 0 Å². The Morgan fingerprint density at radius 2 is 1.93 bits per heavy atom. The second kappa shape index (κ2) is 4.06. The first kappa shape index (κ1) is 11.1. The molecule has 1 aliphatic rings. The maximum atomic E-state index is 10.8. The van der Waals surface area contributed by atoms with Crippen molar-refractivity contribution in [2.45, 2.75) is 25.3 Å². The molecule has 0 bridgehead atoms. The van der Waals surface area contributed by atoms with Crippen molar-refractivity contribution in [2.24, 2.45) is 5.73 Å². The molecule has 0 atom stereocenters. The number of aliphatic carboxylic acids is 1. The highest BCUT2D eigenvalue weighted by Gasteiger charge is 2.37. The topological polar surface area (TPSA) is 83.6 Å². The molecule has 14 heavy (non-hydrogen) atoms. The van der Waals surface area contributed by atoms with Crippen LogP contribution in [0.2, 0.25) is 0 Å². The highest BCUT2D eigenvalue weighted by atomic mass is 16.4. The zero-order chi connectivity index (χ0) is 10.8. The van der Waals surface area contributed by atoms with Gasteiger partial charge >= 0.3 is 5.97 Å². The minimum atomic E-state index is -1.09. The monoisotopic (exact) mass is 200 g/mol. The molecule has 0 aromatic rings. The molecule has 0 aromatic carbocycles. The third-order valence-corrected chi connectivity index (χ3v) is 2.62. The number of likely N-dealkylation sites (tertiary alicyclic amines) is 1. The van der Waals surface area contributed by atoms with Crippen LogP contribution in [0.15, 0.2) is 0 Å². The third-order valence-electron chi connectivity index (χ3n) is 2.62. The van der Waals surface area contributed by atoms with Gasteiger partial charge in [0.05, 0.1) is 6.54 Å². The molecule has 0 aromatic heterocycles. The SMILES string of the molecule is CC(=O)CN1CCC(N)(C(=O)O)CC1. The maximum absolute atomic E-state index is 10.8. The summed E-state index contributed by atoms with van der Waals surface area (Å²) in [7, 11) is 0. The number of ketones is 1. The summed E-state index contributed by atoms with van der Waals surface area (Å²) in [5, 5.41) is 8.86. The molecule has 0 unspecified atom stereocenters. The lowest BCUT2D eigenvalue weighted by Crippen LogP contribution is -2.56. The van der Waals surface area contributed by atoms with Gasteiger partial charge in [0.25, 0.3) is 0 Å². The molecule has 1 aliphatic heterocycles. The van der Waals surface area contributed by atoms with E-state index in [1.165, 1.54) is 6.92 Å². The predicted molar refractivity (Wildman–Crippen MR) is 50.9 cm³/mol. The number of rotatable bonds is 3. The molecule has 0 amide bonds. The maximum Gasteiger partial charge on any atom is 0.323 e. The van der Waals surface area contributed by atoms with Gasteiger partial charge in [0.1, 0.15) is 11.3 Å². The summed E-state index contributed by atoms with van der Waals surface area (Å²) in [6.07, 6.45) is 0.825. The van der Waals surface area contributed by atoms with E-state index in [4.69, 9.17) is 10.8 Å². The van der Waals surface area contributed by atoms with Crippen LogP contribution in [0.1, 0.15) is 19.8 Å². The minimum absolute atomic E-state index is 0.102. The van der Waals surface area contributed by atoms with E-state index in [2.05, 4.69) is 0 Å². The molecule has 5 nitrogen and oxygen atoms in total. The highest BCUT2D eigenvalue weighted by Crippen LogP contribution is 2.19. The third kappa shape index (κ3) is 2.52. The number of piperidine rings is 1. The molecule has 1 rings (SSSR count). The largest absolute Gasteiger partial charge is 0.480 e. The number of Topliss-reactive ketones (excluding diaryl/α,β-unsaturated/α-hetero) is 1. The van der Waals surface area contributed by atoms with Crippen molar-refractivity contribution in [3.05, 3.63) is 0 Å². The van der Waals surface area contributed by atoms with E-state index in [1.54, 1.807) is 0 Å². The van der Waals surface area contributed by atoms with Gasteiger partial charge < -0.3 is 10.8 Å². The van der Waals surface area contributed by atoms with Crippen LogP contribution in [-0.2, 0) is 9.59 Å². The molecule has 0 saturated carbocycles. The number of hydrogen-bond donors (Lipinski definition) is 2. The number of hydrogen-bond acceptors (Lipinski definition) is 4. The number of carboxylic acids is 1. The molecule has 0 aliphatic carbocycles. The average Bonchev–Trinajstić information content (AvgIpc) is 2.08. The van der Waals surface area contributed by atoms with E-state index >= 15 is 0 Å². The quantitative estimate of drug-likeness (QED) is 0.639. The molecule has 80 valence electrons. The average molecular weight is 200 g/mol. The lowest BCUT2D eigenvalue weighted by molar-refractivity contribution is -0.145. The van der Waals surface area contributed by atoms with Crippen LogP contribution >= 0.6 is 0 Å². The van der Waals surface area contributed by atoms with Gasteiger partial charge in [-0.05, 0) is 19.8 Å². The highest BCUT2D eigenvalue weighted by molar-refractivity contribution is 5.79. The Bertz CT molecular complexity index is 244. The number of carbonyl (C=O) groups excluding carboxylic acids is 1. The van der Waals surface area contributed by atoms with Gasteiger partial charge in [0, 0.05) is 13.1 Å². The first-order valence-corrected chi connectivity index (χ1v) is 4.68. The van der Waals surface area contributed by atoms with Crippen molar-refractivity contribution in [3.8, 4) is 0 Å². The Balaban J connectivity index is 2.45. The second-order valence-electron chi connectivity index (χ2n) is 3.94. The van der Waals surface area contributed by atoms with E-state index in [1.807, 2.05) is 4.90 Å². The van der Waals surface area contributed by atoms with Gasteiger partial charge in [0.2, 0.25) is 0 Å². The Labute approximate surface area is 82.9 Å². The summed E-state index contributed by atoms with van der Waals surface area (Å²) in [6, 6.07) is 0. The molecule has 5 heteroatoms. The fraction of sp³-hybridized carbons (Fsp3) is 0.778. The summed E-state index contributed by atoms with van der Waals surface area (Å²) in [5.41, 5.74) is 4.59. The zero-order valence-corrected chi connectivity index (χ0v) is 8.32. The van der Waals surface area contributed by atoms with E-state index < -0.39 is 11.5 Å². The standard InChI is InChI=1S/C9H16N2O3/c1-7(12)6-11-4-2-9(10,3-5-11)8(13)14/h2-6,10H2,1H3,(H,13,14). The van der Waals surface area contributed by atoms with Crippen LogP contribution in [-0.4, -0.2) is 46.9 Å². The van der Waals surface area contributed by atoms with E-state index in [0.717, 1.165) is 0 Å². The number of nitrogens with zero attached hydrogens (tertiary/aromatic N) is 1. The Hall–Kier alpha value is -0.940. The van der Waals surface area contributed by atoms with Gasteiger partial charge in [-0.3, -0.25) is 14.5 Å². The number of nitrogens with two attached hydrogens (primary N) is 1. The van der Waals surface area contributed by atoms with Crippen molar-refractivity contribution < 1.29 is 14.7 Å². The van der Waals surface area contributed by atoms with Crippen molar-refractivity contribution in [2.75, 3.05) is 19.6 Å². The lowest BCUT2D eigenvalue weighted by atomic mass is 9.89. The minimum Gasteiger partial charge on any atom is -0.480 e. The van der Waals surface area contributed by atoms with E-state index in [9.17, 15) is 9.59 Å². The Morgan fingerprint density at radius 1 is 1.43 bits per heavy atom. The van der Waals surface area contributed by atoms with Gasteiger partial charge in [-0.1, -0.05) is 0 Å². The van der Waals surface area contributed by atoms with Crippen LogP contribution < -0.4 is 5.73 Å². The zero-order valence-electron chi connectivity index (χ0n) is 8.32. The molecular weight excluding hydrogens is 184 g/mol. The van der Waals surface area contributed by atoms with Crippen LogP contribution in [0.4, 0.5) is 0 Å². The van der Waals surface area contributed by atoms with Crippen LogP contribution in [0.25, 0.3) is 0 Å². The molecular formula is C9H16N2O3. The molecule has 1 saturated heterocycles. The Kier molecular flexibility index (Phi) is 3.23.